The van der Waals surface area contributed by atoms with Gasteiger partial charge in [0, 0.05) is 31.0 Å². The van der Waals surface area contributed by atoms with E-state index in [1.807, 2.05) is 74.0 Å². The predicted octanol–water partition coefficient (Wildman–Crippen LogP) is 7.61. The number of aryl methyl sites for hydroxylation is 1. The molecular weight excluding hydrogens is 670 g/mol. The van der Waals surface area contributed by atoms with Crippen LogP contribution in [0.5, 0.6) is 5.75 Å². The number of fused-ring (bicyclic) bond motifs is 1. The molecule has 53 heavy (non-hydrogen) atoms. The predicted molar refractivity (Wildman–Crippen MR) is 207 cm³/mol. The largest absolute Gasteiger partial charge is 0.450 e. The lowest BCUT2D eigenvalue weighted by Crippen LogP contribution is -2.34. The third kappa shape index (κ3) is 10.4. The summed E-state index contributed by atoms with van der Waals surface area (Å²) < 4.78 is 12.9. The van der Waals surface area contributed by atoms with Gasteiger partial charge in [0.15, 0.2) is 0 Å². The number of pyridine rings is 1. The summed E-state index contributed by atoms with van der Waals surface area (Å²) in [6, 6.07) is 25.6. The Morgan fingerprint density at radius 1 is 0.943 bits per heavy atom. The minimum Gasteiger partial charge on any atom is -0.450 e. The molecule has 0 bridgehead atoms. The van der Waals surface area contributed by atoms with Gasteiger partial charge in [0.05, 0.1) is 30.6 Å². The number of benzene rings is 3. The van der Waals surface area contributed by atoms with Gasteiger partial charge in [0.25, 0.3) is 5.91 Å². The van der Waals surface area contributed by atoms with Gasteiger partial charge in [-0.15, -0.1) is 0 Å². The van der Waals surface area contributed by atoms with Gasteiger partial charge >= 0.3 is 12.1 Å². The molecule has 0 aliphatic heterocycles. The Hall–Kier alpha value is -5.75. The number of alkyl carbamates (subject to hydrolysis) is 1. The van der Waals surface area contributed by atoms with Gasteiger partial charge in [-0.25, -0.2) is 14.8 Å². The molecule has 2 amide bonds. The fraction of sp³-hybridized carbons (Fsp3) is 0.341. The van der Waals surface area contributed by atoms with Crippen molar-refractivity contribution in [1.29, 1.82) is 0 Å². The maximum Gasteiger partial charge on any atom is 0.408 e. The molecule has 278 valence electrons. The maximum absolute atomic E-state index is 14.0. The molecule has 0 fully saturated rings. The highest BCUT2D eigenvalue weighted by molar-refractivity contribution is 6.07. The first-order valence-electron chi connectivity index (χ1n) is 18.1. The smallest absolute Gasteiger partial charge is 0.408 e. The average molecular weight is 720 g/mol. The van der Waals surface area contributed by atoms with Crippen LogP contribution in [0.2, 0.25) is 0 Å². The van der Waals surface area contributed by atoms with E-state index in [0.29, 0.717) is 35.8 Å². The molecule has 1 atom stereocenters. The van der Waals surface area contributed by atoms with E-state index < -0.39 is 18.2 Å². The lowest BCUT2D eigenvalue weighted by Gasteiger charge is -2.22. The fourth-order valence-corrected chi connectivity index (χ4v) is 5.89. The van der Waals surface area contributed by atoms with Crippen LogP contribution in [-0.4, -0.2) is 45.7 Å². The van der Waals surface area contributed by atoms with Crippen LogP contribution in [0, 0.1) is 0 Å². The molecule has 0 saturated carbocycles. The first-order valence-corrected chi connectivity index (χ1v) is 18.1. The Morgan fingerprint density at radius 2 is 1.72 bits per heavy atom. The Bertz CT molecular complexity index is 1980. The van der Waals surface area contributed by atoms with Gasteiger partial charge < -0.3 is 30.4 Å². The van der Waals surface area contributed by atoms with Gasteiger partial charge in [-0.05, 0) is 72.0 Å². The van der Waals surface area contributed by atoms with Crippen molar-refractivity contribution >= 4 is 40.5 Å². The van der Waals surface area contributed by atoms with Crippen LogP contribution < -0.4 is 26.0 Å². The molecule has 3 aromatic carbocycles. The molecule has 0 aliphatic rings. The van der Waals surface area contributed by atoms with Crippen LogP contribution in [0.3, 0.4) is 0 Å². The summed E-state index contributed by atoms with van der Waals surface area (Å²) in [5, 5.41) is 6.06. The van der Waals surface area contributed by atoms with E-state index in [9.17, 15) is 14.4 Å². The summed E-state index contributed by atoms with van der Waals surface area (Å²) in [6.45, 7) is 7.09. The van der Waals surface area contributed by atoms with E-state index >= 15 is 0 Å². The average Bonchev–Trinajstić information content (AvgIpc) is 3.48. The zero-order valence-electron chi connectivity index (χ0n) is 30.9. The van der Waals surface area contributed by atoms with Crippen molar-refractivity contribution in [1.82, 2.24) is 19.9 Å². The number of nitrogens with zero attached hydrogens (tertiary/aromatic N) is 4. The highest BCUT2D eigenvalue weighted by Gasteiger charge is 2.22. The van der Waals surface area contributed by atoms with Crippen molar-refractivity contribution in [3.05, 3.63) is 114 Å². The number of hydrogen-bond donors (Lipinski definition) is 3. The van der Waals surface area contributed by atoms with E-state index in [4.69, 9.17) is 20.2 Å². The maximum atomic E-state index is 14.0. The number of rotatable bonds is 17. The molecule has 0 radical (unpaired) electrons. The van der Waals surface area contributed by atoms with E-state index in [0.717, 1.165) is 53.8 Å². The molecule has 5 rings (SSSR count). The number of hydrogen-bond acceptors (Lipinski definition) is 9. The highest BCUT2D eigenvalue weighted by atomic mass is 16.5. The van der Waals surface area contributed by atoms with Crippen LogP contribution >= 0.6 is 0 Å². The van der Waals surface area contributed by atoms with Gasteiger partial charge in [-0.3, -0.25) is 14.5 Å². The van der Waals surface area contributed by atoms with E-state index in [2.05, 4.69) is 22.5 Å². The van der Waals surface area contributed by atoms with Crippen molar-refractivity contribution < 1.29 is 23.9 Å². The highest BCUT2D eigenvalue weighted by Crippen LogP contribution is 2.27. The standard InChI is InChI=1S/C41H49N7O5/c1-5-6-7-12-25-52-41(51)46-39(42)29-16-19-31(20-17-29)44-27-37-45-33-26-30(18-21-34(33)47(37)4)40(50)48(36-15-10-11-23-43-36)24-22-38(49)53-35-14-9-8-13-32(35)28(2)3/h8-11,13-21,23,26,28,39,44H,5-7,12,22,24-25,27,42H2,1-4H3,(H,46,51). The summed E-state index contributed by atoms with van der Waals surface area (Å²) in [4.78, 5) is 49.8. The molecule has 0 saturated heterocycles. The summed E-state index contributed by atoms with van der Waals surface area (Å²) in [5.74, 6) is 1.16. The summed E-state index contributed by atoms with van der Waals surface area (Å²) in [6.07, 6.45) is 4.46. The molecule has 5 aromatic rings. The molecular formula is C41H49N7O5. The first kappa shape index (κ1) is 38.5. The molecule has 12 heteroatoms. The SMILES string of the molecule is CCCCCCOC(=O)NC(N)c1ccc(NCc2nc3cc(C(=O)N(CCC(=O)Oc4ccccc4C(C)C)c4ccccn4)ccc3n2C)cc1. The Labute approximate surface area is 310 Å². The van der Waals surface area contributed by atoms with Crippen molar-refractivity contribution in [2.24, 2.45) is 12.8 Å². The number of carbonyl (C=O) groups excluding carboxylic acids is 3. The minimum absolute atomic E-state index is 0.0223. The van der Waals surface area contributed by atoms with Crippen molar-refractivity contribution in [2.75, 3.05) is 23.4 Å². The Kier molecular flexibility index (Phi) is 13.5. The van der Waals surface area contributed by atoms with E-state index in [-0.39, 0.29) is 24.8 Å². The molecule has 12 nitrogen and oxygen atoms in total. The van der Waals surface area contributed by atoms with Crippen molar-refractivity contribution in [3.63, 3.8) is 0 Å². The molecule has 0 aliphatic carbocycles. The minimum atomic E-state index is -0.696. The number of nitrogens with two attached hydrogens (primary N) is 1. The normalized spacial score (nSPS) is 11.7. The third-order valence-electron chi connectivity index (χ3n) is 8.92. The van der Waals surface area contributed by atoms with Crippen molar-refractivity contribution in [2.45, 2.75) is 71.5 Å². The number of esters is 1. The van der Waals surface area contributed by atoms with Crippen LogP contribution in [0.1, 0.15) is 92.3 Å². The number of aromatic nitrogens is 3. The number of ether oxygens (including phenoxy) is 2. The number of imidazole rings is 1. The molecule has 2 heterocycles. The summed E-state index contributed by atoms with van der Waals surface area (Å²) in [7, 11) is 1.92. The van der Waals surface area contributed by atoms with Crippen LogP contribution in [0.15, 0.2) is 91.1 Å². The van der Waals surface area contributed by atoms with Crippen LogP contribution in [0.4, 0.5) is 16.3 Å². The number of para-hydroxylation sites is 1. The summed E-state index contributed by atoms with van der Waals surface area (Å²) >= 11 is 0. The van der Waals surface area contributed by atoms with E-state index in [1.54, 1.807) is 42.6 Å². The zero-order valence-corrected chi connectivity index (χ0v) is 30.9. The second-order valence-corrected chi connectivity index (χ2v) is 13.1. The lowest BCUT2D eigenvalue weighted by molar-refractivity contribution is -0.134. The first-order chi connectivity index (χ1) is 25.6. The van der Waals surface area contributed by atoms with Crippen LogP contribution in [-0.2, 0) is 23.1 Å². The molecule has 1 unspecified atom stereocenters. The van der Waals surface area contributed by atoms with Gasteiger partial charge in [0.1, 0.15) is 23.6 Å². The van der Waals surface area contributed by atoms with E-state index in [1.165, 1.54) is 4.90 Å². The Balaban J connectivity index is 1.21. The number of anilines is 2. The second-order valence-electron chi connectivity index (χ2n) is 13.1. The lowest BCUT2D eigenvalue weighted by atomic mass is 10.0. The van der Waals surface area contributed by atoms with Gasteiger partial charge in [-0.2, -0.15) is 0 Å². The fourth-order valence-electron chi connectivity index (χ4n) is 5.89. The molecule has 0 spiro atoms. The number of unbranched alkanes of at least 4 members (excludes halogenated alkanes) is 3. The number of nitrogens with one attached hydrogen (secondary N) is 2. The quantitative estimate of drug-likeness (QED) is 0.0381. The second kappa shape index (κ2) is 18.7. The zero-order chi connectivity index (χ0) is 37.7. The summed E-state index contributed by atoms with van der Waals surface area (Å²) in [5.41, 5.74) is 10.7. The monoisotopic (exact) mass is 719 g/mol. The van der Waals surface area contributed by atoms with Gasteiger partial charge in [0.2, 0.25) is 0 Å². The van der Waals surface area contributed by atoms with Crippen molar-refractivity contribution in [3.8, 4) is 5.75 Å². The van der Waals surface area contributed by atoms with Gasteiger partial charge in [-0.1, -0.05) is 76.4 Å². The number of amides is 2. The molecule has 2 aromatic heterocycles. The Morgan fingerprint density at radius 3 is 2.45 bits per heavy atom. The molecule has 4 N–H and O–H groups in total. The van der Waals surface area contributed by atoms with Crippen LogP contribution in [0.25, 0.3) is 11.0 Å². The number of carbonyl (C=O) groups is 3. The topological polar surface area (TPSA) is 154 Å². The third-order valence-corrected chi connectivity index (χ3v) is 8.92.